The molecule has 1 amide bonds. The fourth-order valence-corrected chi connectivity index (χ4v) is 3.98. The molecule has 1 aliphatic heterocycles. The number of carbonyl (C=O) groups excluding carboxylic acids is 1. The summed E-state index contributed by atoms with van der Waals surface area (Å²) >= 11 is 2.93. The molecule has 5 nitrogen and oxygen atoms in total. The fourth-order valence-electron chi connectivity index (χ4n) is 2.26. The number of hydrogen-bond donors (Lipinski definition) is 2. The molecule has 0 aliphatic carbocycles. The van der Waals surface area contributed by atoms with Gasteiger partial charge in [-0.2, -0.15) is 11.8 Å². The number of aromatic amines is 1. The van der Waals surface area contributed by atoms with Gasteiger partial charge in [-0.1, -0.05) is 30.8 Å². The predicted octanol–water partition coefficient (Wildman–Crippen LogP) is 2.81. The maximum Gasteiger partial charge on any atom is 0.255 e. The number of fused-ring (bicyclic) bond motifs is 1. The number of nitrogens with zero attached hydrogens (tertiary/aromatic N) is 1. The average Bonchev–Trinajstić information content (AvgIpc) is 3.03. The second-order valence-electron chi connectivity index (χ2n) is 5.18. The van der Waals surface area contributed by atoms with Gasteiger partial charge in [0.15, 0.2) is 5.16 Å². The Hall–Kier alpha value is -1.73. The van der Waals surface area contributed by atoms with Gasteiger partial charge >= 0.3 is 0 Å². The zero-order valence-electron chi connectivity index (χ0n) is 12.7. The van der Waals surface area contributed by atoms with Crippen LogP contribution in [0.2, 0.25) is 0 Å². The van der Waals surface area contributed by atoms with Gasteiger partial charge in [0.2, 0.25) is 5.91 Å². The molecule has 2 aromatic rings. The van der Waals surface area contributed by atoms with E-state index < -0.39 is 0 Å². The zero-order chi connectivity index (χ0) is 16.2. The number of aromatic nitrogens is 2. The van der Waals surface area contributed by atoms with E-state index >= 15 is 0 Å². The Balaban J connectivity index is 1.58. The second kappa shape index (κ2) is 7.23. The van der Waals surface area contributed by atoms with Gasteiger partial charge in [0.25, 0.3) is 5.56 Å². The number of anilines is 1. The Kier molecular flexibility index (Phi) is 5.07. The number of rotatable bonds is 5. The van der Waals surface area contributed by atoms with Gasteiger partial charge < -0.3 is 10.3 Å². The lowest BCUT2D eigenvalue weighted by Gasteiger charge is -2.06. The molecule has 0 bridgehead atoms. The fraction of sp³-hybridized carbons (Fsp3) is 0.312. The van der Waals surface area contributed by atoms with E-state index in [1.54, 1.807) is 11.8 Å². The predicted molar refractivity (Wildman–Crippen MR) is 95.0 cm³/mol. The van der Waals surface area contributed by atoms with Crippen molar-refractivity contribution in [2.75, 3.05) is 11.1 Å². The van der Waals surface area contributed by atoms with Gasteiger partial charge in [-0.25, -0.2) is 4.98 Å². The van der Waals surface area contributed by atoms with E-state index in [4.69, 9.17) is 0 Å². The summed E-state index contributed by atoms with van der Waals surface area (Å²) in [5.74, 6) is 1.58. The van der Waals surface area contributed by atoms with Gasteiger partial charge in [0, 0.05) is 22.8 Å². The number of thioether (sulfide) groups is 2. The van der Waals surface area contributed by atoms with Crippen LogP contribution in [0, 0.1) is 0 Å². The topological polar surface area (TPSA) is 74.8 Å². The van der Waals surface area contributed by atoms with Crippen molar-refractivity contribution in [3.63, 3.8) is 0 Å². The lowest BCUT2D eigenvalue weighted by molar-refractivity contribution is -0.113. The molecular formula is C16H17N3O2S2. The van der Waals surface area contributed by atoms with Crippen molar-refractivity contribution in [1.29, 1.82) is 0 Å². The van der Waals surface area contributed by atoms with Crippen LogP contribution in [0.5, 0.6) is 0 Å². The van der Waals surface area contributed by atoms with Crippen LogP contribution in [0.3, 0.4) is 0 Å². The summed E-state index contributed by atoms with van der Waals surface area (Å²) < 4.78 is 0. The molecule has 0 unspecified atom stereocenters. The van der Waals surface area contributed by atoms with Crippen molar-refractivity contribution in [3.8, 4) is 0 Å². The van der Waals surface area contributed by atoms with E-state index in [1.807, 2.05) is 24.3 Å². The highest BCUT2D eigenvalue weighted by Crippen LogP contribution is 2.26. The van der Waals surface area contributed by atoms with Crippen LogP contribution in [0.25, 0.3) is 0 Å². The lowest BCUT2D eigenvalue weighted by Crippen LogP contribution is -2.17. The van der Waals surface area contributed by atoms with E-state index in [0.717, 1.165) is 34.9 Å². The maximum absolute atomic E-state index is 12.0. The molecule has 23 heavy (non-hydrogen) atoms. The largest absolute Gasteiger partial charge is 0.325 e. The minimum atomic E-state index is -0.114. The number of hydrogen-bond acceptors (Lipinski definition) is 5. The standard InChI is InChI=1S/C16H17N3O2S2/c1-2-10-3-5-11(6-4-10)17-14(20)9-23-16-18-13-8-22-7-12(13)15(21)19-16/h3-6H,2,7-9H2,1H3,(H,17,20)(H,18,19,21). The lowest BCUT2D eigenvalue weighted by atomic mass is 10.1. The van der Waals surface area contributed by atoms with Crippen molar-refractivity contribution in [1.82, 2.24) is 9.97 Å². The quantitative estimate of drug-likeness (QED) is 0.643. The first kappa shape index (κ1) is 16.1. The number of aryl methyl sites for hydroxylation is 1. The van der Waals surface area contributed by atoms with Gasteiger partial charge in [-0.05, 0) is 24.1 Å². The van der Waals surface area contributed by atoms with Gasteiger partial charge in [-0.15, -0.1) is 0 Å². The monoisotopic (exact) mass is 347 g/mol. The average molecular weight is 347 g/mol. The molecule has 0 radical (unpaired) electrons. The first-order valence-electron chi connectivity index (χ1n) is 7.37. The van der Waals surface area contributed by atoms with Crippen LogP contribution in [-0.2, 0) is 22.7 Å². The molecule has 0 spiro atoms. The third-order valence-corrected chi connectivity index (χ3v) is 5.39. The van der Waals surface area contributed by atoms with Gasteiger partial charge in [0.05, 0.1) is 11.4 Å². The van der Waals surface area contributed by atoms with E-state index in [9.17, 15) is 9.59 Å². The Morgan fingerprint density at radius 2 is 2.13 bits per heavy atom. The first-order valence-corrected chi connectivity index (χ1v) is 9.51. The summed E-state index contributed by atoms with van der Waals surface area (Å²) in [6, 6.07) is 7.79. The number of nitrogens with one attached hydrogen (secondary N) is 2. The molecule has 0 saturated carbocycles. The first-order chi connectivity index (χ1) is 11.2. The van der Waals surface area contributed by atoms with Crippen LogP contribution >= 0.6 is 23.5 Å². The summed E-state index contributed by atoms with van der Waals surface area (Å²) in [6.45, 7) is 2.09. The highest BCUT2D eigenvalue weighted by atomic mass is 32.2. The molecule has 1 aromatic heterocycles. The normalized spacial score (nSPS) is 12.9. The van der Waals surface area contributed by atoms with E-state index in [1.165, 1.54) is 17.3 Å². The SMILES string of the molecule is CCc1ccc(NC(=O)CSc2nc3c(c(=O)[nH]2)CSC3)cc1. The van der Waals surface area contributed by atoms with E-state index in [2.05, 4.69) is 22.2 Å². The summed E-state index contributed by atoms with van der Waals surface area (Å²) in [6.07, 6.45) is 0.972. The number of carbonyl (C=O) groups is 1. The highest BCUT2D eigenvalue weighted by molar-refractivity contribution is 7.99. The molecular weight excluding hydrogens is 330 g/mol. The van der Waals surface area contributed by atoms with Gasteiger partial charge in [-0.3, -0.25) is 9.59 Å². The van der Waals surface area contributed by atoms with Crippen molar-refractivity contribution >= 4 is 35.1 Å². The highest BCUT2D eigenvalue weighted by Gasteiger charge is 2.18. The maximum atomic E-state index is 12.0. The molecule has 0 saturated heterocycles. The summed E-state index contributed by atoms with van der Waals surface area (Å²) in [5, 5.41) is 3.35. The van der Waals surface area contributed by atoms with Crippen molar-refractivity contribution in [2.45, 2.75) is 30.0 Å². The summed E-state index contributed by atoms with van der Waals surface area (Å²) in [7, 11) is 0. The smallest absolute Gasteiger partial charge is 0.255 e. The number of benzene rings is 1. The zero-order valence-corrected chi connectivity index (χ0v) is 14.4. The Labute approximate surface area is 142 Å². The Bertz CT molecular complexity index is 772. The third-order valence-electron chi connectivity index (χ3n) is 3.55. The van der Waals surface area contributed by atoms with Crippen LogP contribution in [0.15, 0.2) is 34.2 Å². The van der Waals surface area contributed by atoms with E-state index in [0.29, 0.717) is 5.16 Å². The molecule has 0 fully saturated rings. The van der Waals surface area contributed by atoms with Crippen molar-refractivity contribution in [3.05, 3.63) is 51.4 Å². The van der Waals surface area contributed by atoms with E-state index in [-0.39, 0.29) is 17.2 Å². The Morgan fingerprint density at radius 3 is 2.87 bits per heavy atom. The molecule has 2 heterocycles. The third kappa shape index (κ3) is 3.97. The molecule has 1 aromatic carbocycles. The van der Waals surface area contributed by atoms with Crippen LogP contribution in [0.4, 0.5) is 5.69 Å². The summed E-state index contributed by atoms with van der Waals surface area (Å²) in [4.78, 5) is 31.1. The molecule has 2 N–H and O–H groups in total. The minimum Gasteiger partial charge on any atom is -0.325 e. The summed E-state index contributed by atoms with van der Waals surface area (Å²) in [5.41, 5.74) is 3.53. The number of H-pyrrole nitrogens is 1. The second-order valence-corrected chi connectivity index (χ2v) is 7.13. The van der Waals surface area contributed by atoms with Crippen LogP contribution in [-0.4, -0.2) is 21.6 Å². The van der Waals surface area contributed by atoms with Crippen LogP contribution < -0.4 is 10.9 Å². The van der Waals surface area contributed by atoms with Crippen molar-refractivity contribution in [2.24, 2.45) is 0 Å². The minimum absolute atomic E-state index is 0.0851. The molecule has 1 aliphatic rings. The molecule has 7 heteroatoms. The number of amides is 1. The molecule has 0 atom stereocenters. The van der Waals surface area contributed by atoms with Crippen molar-refractivity contribution < 1.29 is 4.79 Å². The van der Waals surface area contributed by atoms with Gasteiger partial charge in [0.1, 0.15) is 0 Å². The molecule has 3 rings (SSSR count). The van der Waals surface area contributed by atoms with Crippen LogP contribution in [0.1, 0.15) is 23.7 Å². The molecule has 120 valence electrons. The Morgan fingerprint density at radius 1 is 1.35 bits per heavy atom.